The summed E-state index contributed by atoms with van der Waals surface area (Å²) < 4.78 is 0. The Morgan fingerprint density at radius 1 is 1.50 bits per heavy atom. The zero-order valence-electron chi connectivity index (χ0n) is 9.72. The molecule has 2 nitrogen and oxygen atoms in total. The van der Waals surface area contributed by atoms with Gasteiger partial charge >= 0.3 is 0 Å². The van der Waals surface area contributed by atoms with E-state index >= 15 is 0 Å². The zero-order chi connectivity index (χ0) is 11.4. The average molecular weight is 239 g/mol. The molecule has 0 aromatic heterocycles. The van der Waals surface area contributed by atoms with Gasteiger partial charge in [0.25, 0.3) is 0 Å². The summed E-state index contributed by atoms with van der Waals surface area (Å²) in [6, 6.07) is 6.02. The Bertz CT molecular complexity index is 346. The molecule has 88 valence electrons. The number of hydrogen-bond donors (Lipinski definition) is 2. The standard InChI is InChI=1S/C13H19ClN2/c1-10-12(14)3-2-4-13(10)16-8-6-11-5-7-15-9-11/h2-4,11,15-16H,5-9H2,1H3. The van der Waals surface area contributed by atoms with Crippen molar-refractivity contribution in [3.63, 3.8) is 0 Å². The van der Waals surface area contributed by atoms with Crippen molar-refractivity contribution in [2.75, 3.05) is 25.0 Å². The summed E-state index contributed by atoms with van der Waals surface area (Å²) in [5, 5.41) is 7.70. The van der Waals surface area contributed by atoms with Crippen LogP contribution in [0.15, 0.2) is 18.2 Å². The van der Waals surface area contributed by atoms with E-state index < -0.39 is 0 Å². The molecule has 1 fully saturated rings. The largest absolute Gasteiger partial charge is 0.385 e. The molecule has 1 aliphatic rings. The van der Waals surface area contributed by atoms with Gasteiger partial charge < -0.3 is 10.6 Å². The maximum atomic E-state index is 6.07. The lowest BCUT2D eigenvalue weighted by atomic mass is 10.1. The molecule has 0 bridgehead atoms. The summed E-state index contributed by atoms with van der Waals surface area (Å²) in [6.07, 6.45) is 2.55. The number of rotatable bonds is 4. The molecule has 0 saturated carbocycles. The Morgan fingerprint density at radius 3 is 3.12 bits per heavy atom. The predicted molar refractivity (Wildman–Crippen MR) is 70.3 cm³/mol. The van der Waals surface area contributed by atoms with Crippen molar-refractivity contribution in [1.29, 1.82) is 0 Å². The molecular formula is C13H19ClN2. The molecule has 1 heterocycles. The second kappa shape index (κ2) is 5.55. The first-order valence-corrected chi connectivity index (χ1v) is 6.35. The minimum absolute atomic E-state index is 0.840. The van der Waals surface area contributed by atoms with Crippen LogP contribution in [0.1, 0.15) is 18.4 Å². The van der Waals surface area contributed by atoms with Crippen LogP contribution in [0.25, 0.3) is 0 Å². The summed E-state index contributed by atoms with van der Waals surface area (Å²) >= 11 is 6.07. The van der Waals surface area contributed by atoms with Crippen LogP contribution in [0, 0.1) is 12.8 Å². The summed E-state index contributed by atoms with van der Waals surface area (Å²) in [6.45, 7) is 5.45. The molecule has 0 radical (unpaired) electrons. The maximum Gasteiger partial charge on any atom is 0.0455 e. The third-order valence-electron chi connectivity index (χ3n) is 3.30. The van der Waals surface area contributed by atoms with Crippen LogP contribution in [0.2, 0.25) is 5.02 Å². The van der Waals surface area contributed by atoms with E-state index in [2.05, 4.69) is 23.6 Å². The Balaban J connectivity index is 1.82. The van der Waals surface area contributed by atoms with Crippen LogP contribution in [0.5, 0.6) is 0 Å². The van der Waals surface area contributed by atoms with Crippen molar-refractivity contribution in [1.82, 2.24) is 5.32 Å². The highest BCUT2D eigenvalue weighted by atomic mass is 35.5. The van der Waals surface area contributed by atoms with Crippen LogP contribution < -0.4 is 10.6 Å². The molecule has 0 amide bonds. The Hall–Kier alpha value is -0.730. The number of halogens is 1. The van der Waals surface area contributed by atoms with Gasteiger partial charge in [-0.15, -0.1) is 0 Å². The Labute approximate surface area is 102 Å². The quantitative estimate of drug-likeness (QED) is 0.843. The van der Waals surface area contributed by atoms with E-state index in [-0.39, 0.29) is 0 Å². The smallest absolute Gasteiger partial charge is 0.0455 e. The summed E-state index contributed by atoms with van der Waals surface area (Å²) in [5.41, 5.74) is 2.31. The number of nitrogens with one attached hydrogen (secondary N) is 2. The third kappa shape index (κ3) is 2.89. The van der Waals surface area contributed by atoms with Gasteiger partial charge in [-0.25, -0.2) is 0 Å². The minimum atomic E-state index is 0.840. The van der Waals surface area contributed by atoms with Gasteiger partial charge in [-0.1, -0.05) is 17.7 Å². The zero-order valence-corrected chi connectivity index (χ0v) is 10.5. The monoisotopic (exact) mass is 238 g/mol. The summed E-state index contributed by atoms with van der Waals surface area (Å²) in [4.78, 5) is 0. The molecular weight excluding hydrogens is 220 g/mol. The van der Waals surface area contributed by atoms with Crippen molar-refractivity contribution in [2.24, 2.45) is 5.92 Å². The van der Waals surface area contributed by atoms with Crippen LogP contribution in [-0.2, 0) is 0 Å². The van der Waals surface area contributed by atoms with E-state index in [0.717, 1.165) is 23.0 Å². The molecule has 16 heavy (non-hydrogen) atoms. The molecule has 1 saturated heterocycles. The molecule has 0 aliphatic carbocycles. The molecule has 3 heteroatoms. The molecule has 0 spiro atoms. The normalized spacial score (nSPS) is 20.0. The molecule has 1 aromatic carbocycles. The van der Waals surface area contributed by atoms with Gasteiger partial charge in [-0.05, 0) is 56.5 Å². The number of anilines is 1. The van der Waals surface area contributed by atoms with E-state index in [0.29, 0.717) is 0 Å². The first-order chi connectivity index (χ1) is 7.77. The summed E-state index contributed by atoms with van der Waals surface area (Å²) in [7, 11) is 0. The van der Waals surface area contributed by atoms with Crippen molar-refractivity contribution >= 4 is 17.3 Å². The predicted octanol–water partition coefficient (Wildman–Crippen LogP) is 3.06. The highest BCUT2D eigenvalue weighted by Gasteiger charge is 2.13. The van der Waals surface area contributed by atoms with E-state index in [1.165, 1.54) is 31.6 Å². The molecule has 1 atom stereocenters. The SMILES string of the molecule is Cc1c(Cl)cccc1NCCC1CCNC1. The van der Waals surface area contributed by atoms with Crippen LogP contribution in [0.4, 0.5) is 5.69 Å². The Morgan fingerprint density at radius 2 is 2.38 bits per heavy atom. The van der Waals surface area contributed by atoms with Gasteiger partial charge in [-0.2, -0.15) is 0 Å². The third-order valence-corrected chi connectivity index (χ3v) is 3.71. The van der Waals surface area contributed by atoms with Gasteiger partial charge in [0.2, 0.25) is 0 Å². The molecule has 1 aromatic rings. The number of hydrogen-bond acceptors (Lipinski definition) is 2. The van der Waals surface area contributed by atoms with Gasteiger partial charge in [0.05, 0.1) is 0 Å². The van der Waals surface area contributed by atoms with Crippen LogP contribution in [-0.4, -0.2) is 19.6 Å². The lowest BCUT2D eigenvalue weighted by molar-refractivity contribution is 0.549. The molecule has 1 unspecified atom stereocenters. The summed E-state index contributed by atoms with van der Waals surface area (Å²) in [5.74, 6) is 0.840. The van der Waals surface area contributed by atoms with Crippen molar-refractivity contribution < 1.29 is 0 Å². The van der Waals surface area contributed by atoms with Crippen molar-refractivity contribution in [2.45, 2.75) is 19.8 Å². The van der Waals surface area contributed by atoms with Gasteiger partial charge in [-0.3, -0.25) is 0 Å². The molecule has 2 N–H and O–H groups in total. The highest BCUT2D eigenvalue weighted by Crippen LogP contribution is 2.23. The average Bonchev–Trinajstić information content (AvgIpc) is 2.77. The second-order valence-corrected chi connectivity index (χ2v) is 4.89. The second-order valence-electron chi connectivity index (χ2n) is 4.49. The van der Waals surface area contributed by atoms with Crippen molar-refractivity contribution in [3.05, 3.63) is 28.8 Å². The topological polar surface area (TPSA) is 24.1 Å². The lowest BCUT2D eigenvalue weighted by Crippen LogP contribution is -2.13. The van der Waals surface area contributed by atoms with Crippen molar-refractivity contribution in [3.8, 4) is 0 Å². The van der Waals surface area contributed by atoms with Gasteiger partial charge in [0, 0.05) is 17.3 Å². The van der Waals surface area contributed by atoms with Crippen LogP contribution in [0.3, 0.4) is 0 Å². The van der Waals surface area contributed by atoms with Gasteiger partial charge in [0.1, 0.15) is 0 Å². The highest BCUT2D eigenvalue weighted by molar-refractivity contribution is 6.31. The fourth-order valence-electron chi connectivity index (χ4n) is 2.17. The first-order valence-electron chi connectivity index (χ1n) is 5.97. The van der Waals surface area contributed by atoms with Gasteiger partial charge in [0.15, 0.2) is 0 Å². The fourth-order valence-corrected chi connectivity index (χ4v) is 2.35. The van der Waals surface area contributed by atoms with E-state index in [1.807, 2.05) is 12.1 Å². The molecule has 1 aliphatic heterocycles. The molecule has 2 rings (SSSR count). The van der Waals surface area contributed by atoms with E-state index in [9.17, 15) is 0 Å². The van der Waals surface area contributed by atoms with E-state index in [4.69, 9.17) is 11.6 Å². The van der Waals surface area contributed by atoms with E-state index in [1.54, 1.807) is 0 Å². The van der Waals surface area contributed by atoms with Crippen LogP contribution >= 0.6 is 11.6 Å². The fraction of sp³-hybridized carbons (Fsp3) is 0.538. The Kier molecular flexibility index (Phi) is 4.08. The lowest BCUT2D eigenvalue weighted by Gasteiger charge is -2.12. The minimum Gasteiger partial charge on any atom is -0.385 e. The first kappa shape index (κ1) is 11.7. The number of benzene rings is 1. The maximum absolute atomic E-state index is 6.07.